The van der Waals surface area contributed by atoms with Gasteiger partial charge in [0.1, 0.15) is 0 Å². The molecule has 0 spiro atoms. The van der Waals surface area contributed by atoms with Crippen molar-refractivity contribution in [3.63, 3.8) is 0 Å². The molecule has 2 rings (SSSR count). The minimum atomic E-state index is 0.498. The van der Waals surface area contributed by atoms with Crippen molar-refractivity contribution in [2.24, 2.45) is 0 Å². The number of allylic oxidation sites excluding steroid dienone is 1. The first-order valence-corrected chi connectivity index (χ1v) is 7.55. The molecule has 1 heterocycles. The molecule has 1 aliphatic rings. The third-order valence-corrected chi connectivity index (χ3v) is 4.65. The first-order chi connectivity index (χ1) is 8.25. The summed E-state index contributed by atoms with van der Waals surface area (Å²) in [5.41, 5.74) is 1.67. The molecule has 0 aromatic carbocycles. The molecule has 1 aliphatic carbocycles. The number of thiophene rings is 1. The van der Waals surface area contributed by atoms with Gasteiger partial charge in [0, 0.05) is 15.8 Å². The van der Waals surface area contributed by atoms with Gasteiger partial charge in [-0.25, -0.2) is 0 Å². The van der Waals surface area contributed by atoms with Gasteiger partial charge in [0.2, 0.25) is 0 Å². The Morgan fingerprint density at radius 2 is 2.24 bits per heavy atom. The maximum atomic E-state index is 3.63. The van der Waals surface area contributed by atoms with E-state index in [9.17, 15) is 0 Å². The van der Waals surface area contributed by atoms with E-state index >= 15 is 0 Å². The van der Waals surface area contributed by atoms with Crippen molar-refractivity contribution < 1.29 is 0 Å². The molecule has 0 radical (unpaired) electrons. The Balaban J connectivity index is 1.73. The summed E-state index contributed by atoms with van der Waals surface area (Å²) in [6.07, 6.45) is 9.09. The Kier molecular flexibility index (Phi) is 4.81. The first kappa shape index (κ1) is 12.8. The van der Waals surface area contributed by atoms with Crippen molar-refractivity contribution in [1.82, 2.24) is 5.32 Å². The van der Waals surface area contributed by atoms with Crippen LogP contribution < -0.4 is 5.32 Å². The van der Waals surface area contributed by atoms with Crippen molar-refractivity contribution >= 4 is 11.3 Å². The summed E-state index contributed by atoms with van der Waals surface area (Å²) in [5.74, 6) is 0. The zero-order valence-corrected chi connectivity index (χ0v) is 11.8. The Hall–Kier alpha value is -0.600. The fourth-order valence-electron chi connectivity index (χ4n) is 2.37. The van der Waals surface area contributed by atoms with E-state index < -0.39 is 0 Å². The Bertz CT molecular complexity index is 378. The maximum absolute atomic E-state index is 3.63. The molecular weight excluding hydrogens is 226 g/mol. The molecule has 2 heteroatoms. The molecule has 1 N–H and O–H groups in total. The molecule has 1 aromatic rings. The van der Waals surface area contributed by atoms with E-state index in [1.807, 2.05) is 11.3 Å². The molecule has 1 atom stereocenters. The van der Waals surface area contributed by atoms with Crippen LogP contribution >= 0.6 is 11.3 Å². The second-order valence-corrected chi connectivity index (χ2v) is 6.30. The Labute approximate surface area is 109 Å². The summed E-state index contributed by atoms with van der Waals surface area (Å²) in [4.78, 5) is 2.86. The zero-order chi connectivity index (χ0) is 12.1. The first-order valence-electron chi connectivity index (χ1n) is 6.73. The minimum absolute atomic E-state index is 0.498. The molecule has 1 aromatic heterocycles. The quantitative estimate of drug-likeness (QED) is 0.752. The van der Waals surface area contributed by atoms with Crippen LogP contribution in [0.25, 0.3) is 0 Å². The van der Waals surface area contributed by atoms with Gasteiger partial charge in [0.05, 0.1) is 0 Å². The van der Waals surface area contributed by atoms with Gasteiger partial charge < -0.3 is 5.32 Å². The van der Waals surface area contributed by atoms with Crippen LogP contribution in [0, 0.1) is 6.92 Å². The zero-order valence-electron chi connectivity index (χ0n) is 11.0. The van der Waals surface area contributed by atoms with Crippen LogP contribution in [-0.2, 0) is 0 Å². The van der Waals surface area contributed by atoms with Crippen LogP contribution in [-0.4, -0.2) is 6.54 Å². The summed E-state index contributed by atoms with van der Waals surface area (Å²) in [6.45, 7) is 5.55. The molecule has 0 amide bonds. The fourth-order valence-corrected chi connectivity index (χ4v) is 3.27. The Morgan fingerprint density at radius 3 is 2.88 bits per heavy atom. The highest BCUT2D eigenvalue weighted by Crippen LogP contribution is 2.23. The summed E-state index contributed by atoms with van der Waals surface area (Å²) >= 11 is 1.90. The second-order valence-electron chi connectivity index (χ2n) is 4.98. The largest absolute Gasteiger partial charge is 0.309 e. The molecule has 0 saturated heterocycles. The predicted molar refractivity (Wildman–Crippen MR) is 76.6 cm³/mol. The highest BCUT2D eigenvalue weighted by Gasteiger charge is 2.08. The Morgan fingerprint density at radius 1 is 1.35 bits per heavy atom. The summed E-state index contributed by atoms with van der Waals surface area (Å²) in [7, 11) is 0. The number of rotatable bonds is 5. The van der Waals surface area contributed by atoms with E-state index in [1.165, 1.54) is 41.9 Å². The normalized spacial score (nSPS) is 17.9. The van der Waals surface area contributed by atoms with Crippen LogP contribution in [0.15, 0.2) is 23.8 Å². The van der Waals surface area contributed by atoms with E-state index in [4.69, 9.17) is 0 Å². The van der Waals surface area contributed by atoms with Gasteiger partial charge in [-0.05, 0) is 64.6 Å². The number of hydrogen-bond acceptors (Lipinski definition) is 2. The third kappa shape index (κ3) is 3.97. The van der Waals surface area contributed by atoms with Gasteiger partial charge in [-0.15, -0.1) is 11.3 Å². The molecule has 0 bridgehead atoms. The summed E-state index contributed by atoms with van der Waals surface area (Å²) in [5, 5.41) is 3.63. The van der Waals surface area contributed by atoms with E-state index in [2.05, 4.69) is 37.4 Å². The predicted octanol–water partition coefficient (Wildman–Crippen LogP) is 4.60. The second kappa shape index (κ2) is 6.36. The van der Waals surface area contributed by atoms with Crippen LogP contribution in [0.2, 0.25) is 0 Å². The van der Waals surface area contributed by atoms with Crippen LogP contribution in [0.4, 0.5) is 0 Å². The lowest BCUT2D eigenvalue weighted by molar-refractivity contribution is 0.569. The van der Waals surface area contributed by atoms with Crippen LogP contribution in [0.5, 0.6) is 0 Å². The molecule has 0 saturated carbocycles. The SMILES string of the molecule is Cc1ccc(C(C)NCCC2=CCCCC2)s1. The van der Waals surface area contributed by atoms with Gasteiger partial charge in [0.25, 0.3) is 0 Å². The topological polar surface area (TPSA) is 12.0 Å². The summed E-state index contributed by atoms with van der Waals surface area (Å²) in [6, 6.07) is 4.96. The lowest BCUT2D eigenvalue weighted by atomic mass is 9.97. The van der Waals surface area contributed by atoms with Crippen molar-refractivity contribution in [3.8, 4) is 0 Å². The van der Waals surface area contributed by atoms with E-state index in [0.29, 0.717) is 6.04 Å². The van der Waals surface area contributed by atoms with Gasteiger partial charge in [-0.2, -0.15) is 0 Å². The number of hydrogen-bond donors (Lipinski definition) is 1. The van der Waals surface area contributed by atoms with Gasteiger partial charge in [-0.3, -0.25) is 0 Å². The smallest absolute Gasteiger partial charge is 0.0386 e. The molecule has 94 valence electrons. The maximum Gasteiger partial charge on any atom is 0.0386 e. The lowest BCUT2D eigenvalue weighted by Crippen LogP contribution is -2.19. The fraction of sp³-hybridized carbons (Fsp3) is 0.600. The lowest BCUT2D eigenvalue weighted by Gasteiger charge is -2.15. The average molecular weight is 249 g/mol. The van der Waals surface area contributed by atoms with E-state index in [-0.39, 0.29) is 0 Å². The third-order valence-electron chi connectivity index (χ3n) is 3.47. The number of aryl methyl sites for hydroxylation is 1. The van der Waals surface area contributed by atoms with Gasteiger partial charge in [-0.1, -0.05) is 11.6 Å². The summed E-state index contributed by atoms with van der Waals surface area (Å²) < 4.78 is 0. The molecule has 17 heavy (non-hydrogen) atoms. The standard InChI is InChI=1S/C15H23NS/c1-12-8-9-15(17-12)13(2)16-11-10-14-6-4-3-5-7-14/h6,8-9,13,16H,3-5,7,10-11H2,1-2H3. The number of nitrogens with one attached hydrogen (secondary N) is 1. The van der Waals surface area contributed by atoms with Crippen LogP contribution in [0.3, 0.4) is 0 Å². The molecule has 0 fully saturated rings. The van der Waals surface area contributed by atoms with Crippen molar-refractivity contribution in [3.05, 3.63) is 33.5 Å². The molecular formula is C15H23NS. The van der Waals surface area contributed by atoms with Gasteiger partial charge in [0.15, 0.2) is 0 Å². The monoisotopic (exact) mass is 249 g/mol. The molecule has 0 aliphatic heterocycles. The highest BCUT2D eigenvalue weighted by molar-refractivity contribution is 7.12. The highest BCUT2D eigenvalue weighted by atomic mass is 32.1. The van der Waals surface area contributed by atoms with Crippen molar-refractivity contribution in [1.29, 1.82) is 0 Å². The van der Waals surface area contributed by atoms with E-state index in [0.717, 1.165) is 6.54 Å². The van der Waals surface area contributed by atoms with Gasteiger partial charge >= 0.3 is 0 Å². The average Bonchev–Trinajstić information content (AvgIpc) is 2.77. The minimum Gasteiger partial charge on any atom is -0.309 e. The van der Waals surface area contributed by atoms with Crippen molar-refractivity contribution in [2.75, 3.05) is 6.54 Å². The molecule has 1 unspecified atom stereocenters. The van der Waals surface area contributed by atoms with Crippen LogP contribution in [0.1, 0.15) is 54.8 Å². The van der Waals surface area contributed by atoms with Crippen molar-refractivity contribution in [2.45, 2.75) is 52.0 Å². The molecule has 1 nitrogen and oxygen atoms in total. The van der Waals surface area contributed by atoms with E-state index in [1.54, 1.807) is 5.57 Å².